The van der Waals surface area contributed by atoms with Gasteiger partial charge in [0.05, 0.1) is 4.92 Å². The molecule has 7 heteroatoms. The van der Waals surface area contributed by atoms with Crippen molar-refractivity contribution >= 4 is 37.5 Å². The molecule has 0 saturated carbocycles. The molecule has 0 atom stereocenters. The summed E-state index contributed by atoms with van der Waals surface area (Å²) in [6, 6.07) is 1.22. The van der Waals surface area contributed by atoms with E-state index in [0.29, 0.717) is 11.0 Å². The van der Waals surface area contributed by atoms with Gasteiger partial charge >= 0.3 is 11.2 Å². The summed E-state index contributed by atoms with van der Waals surface area (Å²) in [5.41, 5.74) is -0.969. The molecule has 0 aliphatic carbocycles. The van der Waals surface area contributed by atoms with E-state index in [1.165, 1.54) is 10.6 Å². The van der Waals surface area contributed by atoms with Crippen molar-refractivity contribution in [3.8, 4) is 0 Å². The lowest BCUT2D eigenvalue weighted by Gasteiger charge is -2.04. The van der Waals surface area contributed by atoms with Gasteiger partial charge in [-0.15, -0.1) is 0 Å². The third-order valence-corrected chi connectivity index (χ3v) is 2.76. The quantitative estimate of drug-likeness (QED) is 0.480. The number of halogens is 2. The summed E-state index contributed by atoms with van der Waals surface area (Å²) in [7, 11) is 0. The highest BCUT2D eigenvalue weighted by atomic mass is 79.9. The maximum Gasteiger partial charge on any atom is 0.335 e. The molecule has 0 N–H and O–H groups in total. The lowest BCUT2D eigenvalue weighted by Crippen LogP contribution is -2.22. The van der Waals surface area contributed by atoms with Crippen LogP contribution in [-0.2, 0) is 6.54 Å². The summed E-state index contributed by atoms with van der Waals surface area (Å²) in [6.45, 7) is 0.463. The molecule has 0 saturated heterocycles. The van der Waals surface area contributed by atoms with Crippen molar-refractivity contribution in [3.63, 3.8) is 0 Å². The molecule has 1 aromatic heterocycles. The number of hydrogen-bond acceptors (Lipinski definition) is 3. The van der Waals surface area contributed by atoms with Crippen LogP contribution in [0.1, 0.15) is 6.42 Å². The predicted octanol–water partition coefficient (Wildman–Crippen LogP) is 2.30. The van der Waals surface area contributed by atoms with Crippen LogP contribution >= 0.6 is 31.9 Å². The Balaban J connectivity index is 3.17. The average molecular weight is 340 g/mol. The summed E-state index contributed by atoms with van der Waals surface area (Å²) in [6.07, 6.45) is 2.30. The van der Waals surface area contributed by atoms with Gasteiger partial charge in [-0.3, -0.25) is 14.9 Å². The van der Waals surface area contributed by atoms with Gasteiger partial charge in [0, 0.05) is 28.6 Å². The van der Waals surface area contributed by atoms with Crippen LogP contribution in [0.15, 0.2) is 21.5 Å². The third-order valence-electron chi connectivity index (χ3n) is 1.76. The van der Waals surface area contributed by atoms with Crippen LogP contribution in [0, 0.1) is 10.1 Å². The molecule has 82 valence electrons. The van der Waals surface area contributed by atoms with E-state index in [1.54, 1.807) is 6.20 Å². The summed E-state index contributed by atoms with van der Waals surface area (Å²) < 4.78 is 1.87. The van der Waals surface area contributed by atoms with E-state index in [0.717, 1.165) is 11.8 Å². The van der Waals surface area contributed by atoms with E-state index in [2.05, 4.69) is 31.9 Å². The molecule has 0 fully saturated rings. The Labute approximate surface area is 103 Å². The lowest BCUT2D eigenvalue weighted by molar-refractivity contribution is -0.386. The highest BCUT2D eigenvalue weighted by molar-refractivity contribution is 9.10. The van der Waals surface area contributed by atoms with E-state index in [-0.39, 0.29) is 0 Å². The van der Waals surface area contributed by atoms with E-state index in [4.69, 9.17) is 0 Å². The van der Waals surface area contributed by atoms with Crippen molar-refractivity contribution in [2.75, 3.05) is 5.33 Å². The fourth-order valence-corrected chi connectivity index (χ4v) is 1.83. The van der Waals surface area contributed by atoms with Crippen molar-refractivity contribution in [1.29, 1.82) is 0 Å². The van der Waals surface area contributed by atoms with Gasteiger partial charge in [-0.05, 0) is 22.4 Å². The number of aromatic nitrogens is 1. The minimum absolute atomic E-state index is 0.404. The Morgan fingerprint density at radius 2 is 2.20 bits per heavy atom. The van der Waals surface area contributed by atoms with Gasteiger partial charge in [-0.1, -0.05) is 15.9 Å². The molecule has 5 nitrogen and oxygen atoms in total. The first kappa shape index (κ1) is 12.4. The van der Waals surface area contributed by atoms with Crippen LogP contribution in [0.25, 0.3) is 0 Å². The van der Waals surface area contributed by atoms with Gasteiger partial charge in [0.2, 0.25) is 0 Å². The molecule has 0 aliphatic rings. The van der Waals surface area contributed by atoms with Crippen molar-refractivity contribution in [2.45, 2.75) is 13.0 Å². The lowest BCUT2D eigenvalue weighted by atomic mass is 10.4. The van der Waals surface area contributed by atoms with Crippen LogP contribution in [0.4, 0.5) is 5.69 Å². The fraction of sp³-hybridized carbons (Fsp3) is 0.375. The largest absolute Gasteiger partial charge is 0.335 e. The van der Waals surface area contributed by atoms with Crippen molar-refractivity contribution < 1.29 is 4.92 Å². The summed E-state index contributed by atoms with van der Waals surface area (Å²) in [5, 5.41) is 11.3. The predicted molar refractivity (Wildman–Crippen MR) is 63.5 cm³/mol. The monoisotopic (exact) mass is 338 g/mol. The van der Waals surface area contributed by atoms with E-state index < -0.39 is 16.2 Å². The zero-order chi connectivity index (χ0) is 11.4. The second kappa shape index (κ2) is 5.41. The minimum atomic E-state index is -0.669. The highest BCUT2D eigenvalue weighted by Crippen LogP contribution is 2.13. The Morgan fingerprint density at radius 1 is 1.53 bits per heavy atom. The molecule has 1 rings (SSSR count). The zero-order valence-electron chi connectivity index (χ0n) is 7.65. The van der Waals surface area contributed by atoms with Crippen LogP contribution in [0.2, 0.25) is 0 Å². The molecular formula is C8H8Br2N2O3. The van der Waals surface area contributed by atoms with Crippen molar-refractivity contribution in [1.82, 2.24) is 4.57 Å². The topological polar surface area (TPSA) is 65.1 Å². The van der Waals surface area contributed by atoms with E-state index in [1.807, 2.05) is 0 Å². The molecule has 1 aromatic rings. The molecule has 0 aliphatic heterocycles. The Bertz CT molecular complexity index is 430. The number of nitrogens with zero attached hydrogens (tertiary/aromatic N) is 2. The number of hydrogen-bond donors (Lipinski definition) is 0. The summed E-state index contributed by atoms with van der Waals surface area (Å²) in [4.78, 5) is 21.4. The Kier molecular flexibility index (Phi) is 4.46. The van der Waals surface area contributed by atoms with Crippen LogP contribution in [0.3, 0.4) is 0 Å². The van der Waals surface area contributed by atoms with E-state index in [9.17, 15) is 14.9 Å². The van der Waals surface area contributed by atoms with Crippen LogP contribution < -0.4 is 5.56 Å². The zero-order valence-corrected chi connectivity index (χ0v) is 10.8. The highest BCUT2D eigenvalue weighted by Gasteiger charge is 2.15. The van der Waals surface area contributed by atoms with Crippen LogP contribution in [0.5, 0.6) is 0 Å². The number of alkyl halides is 1. The van der Waals surface area contributed by atoms with Gasteiger partial charge in [0.25, 0.3) is 0 Å². The molecule has 0 aromatic carbocycles. The van der Waals surface area contributed by atoms with Crippen LogP contribution in [-0.4, -0.2) is 14.8 Å². The smallest absolute Gasteiger partial charge is 0.308 e. The molecule has 0 bridgehead atoms. The molecular weight excluding hydrogens is 332 g/mol. The summed E-state index contributed by atoms with van der Waals surface area (Å²) >= 11 is 6.37. The maximum absolute atomic E-state index is 11.6. The summed E-state index contributed by atoms with van der Waals surface area (Å²) in [5.74, 6) is 0. The van der Waals surface area contributed by atoms with Gasteiger partial charge < -0.3 is 4.57 Å². The SMILES string of the molecule is O=c1c([N+](=O)[O-])cc(Br)cn1CCCBr. The van der Waals surface area contributed by atoms with Crippen molar-refractivity contribution in [3.05, 3.63) is 37.2 Å². The normalized spacial score (nSPS) is 10.3. The van der Waals surface area contributed by atoms with Crippen molar-refractivity contribution in [2.24, 2.45) is 0 Å². The fourth-order valence-electron chi connectivity index (χ4n) is 1.11. The molecule has 0 spiro atoms. The third kappa shape index (κ3) is 3.13. The Morgan fingerprint density at radius 3 is 2.73 bits per heavy atom. The minimum Gasteiger partial charge on any atom is -0.308 e. The van der Waals surface area contributed by atoms with Gasteiger partial charge in [-0.25, -0.2) is 0 Å². The van der Waals surface area contributed by atoms with E-state index >= 15 is 0 Å². The number of pyridine rings is 1. The number of rotatable bonds is 4. The number of nitro groups is 1. The van der Waals surface area contributed by atoms with Gasteiger partial charge in [-0.2, -0.15) is 0 Å². The first-order valence-corrected chi connectivity index (χ1v) is 6.08. The second-order valence-corrected chi connectivity index (χ2v) is 4.55. The molecule has 0 radical (unpaired) electrons. The average Bonchev–Trinajstić information content (AvgIpc) is 2.18. The molecule has 15 heavy (non-hydrogen) atoms. The molecule has 0 amide bonds. The molecule has 1 heterocycles. The first-order valence-electron chi connectivity index (χ1n) is 4.16. The molecule has 0 unspecified atom stereocenters. The maximum atomic E-state index is 11.6. The number of aryl methyl sites for hydroxylation is 1. The van der Waals surface area contributed by atoms with Gasteiger partial charge in [0.1, 0.15) is 0 Å². The standard InChI is InChI=1S/C8H8Br2N2O3/c9-2-1-3-11-5-6(10)4-7(8(11)13)12(14)15/h4-5H,1-3H2. The van der Waals surface area contributed by atoms with Gasteiger partial charge in [0.15, 0.2) is 0 Å². The second-order valence-electron chi connectivity index (χ2n) is 2.84. The first-order chi connectivity index (χ1) is 7.06. The Hall–Kier alpha value is -0.690.